The number of anilines is 1. The van der Waals surface area contributed by atoms with Crippen molar-refractivity contribution in [3.8, 4) is 16.5 Å². The number of hydrogen-bond acceptors (Lipinski definition) is 8. The van der Waals surface area contributed by atoms with Gasteiger partial charge in [0.05, 0.1) is 28.1 Å². The molecule has 2 aromatic rings. The number of aromatic nitrogens is 1. The number of amides is 1. The van der Waals surface area contributed by atoms with E-state index in [0.29, 0.717) is 13.1 Å². The first kappa shape index (κ1) is 26.7. The SMILES string of the molecule is N#CC1(NC(=O)[C@@H]2CCCC[C@H]2c2nc([C@@H]3CCCCO3)sc2-c2ccc(N3CCS(=O)(=O)CC3)cc2)CC1. The normalized spacial score (nSPS) is 27.9. The molecule has 0 spiro atoms. The third-order valence-electron chi connectivity index (χ3n) is 8.74. The van der Waals surface area contributed by atoms with Crippen molar-refractivity contribution in [2.24, 2.45) is 5.92 Å². The van der Waals surface area contributed by atoms with Crippen LogP contribution >= 0.6 is 11.3 Å². The molecule has 1 N–H and O–H groups in total. The molecular weight excluding hydrogens is 532 g/mol. The van der Waals surface area contributed by atoms with E-state index in [-0.39, 0.29) is 35.4 Å². The van der Waals surface area contributed by atoms with Crippen LogP contribution in [0.2, 0.25) is 0 Å². The summed E-state index contributed by atoms with van der Waals surface area (Å²) in [5.41, 5.74) is 2.41. The van der Waals surface area contributed by atoms with Gasteiger partial charge in [-0.05, 0) is 62.6 Å². The van der Waals surface area contributed by atoms with Crippen molar-refractivity contribution in [1.29, 1.82) is 5.26 Å². The highest BCUT2D eigenvalue weighted by Gasteiger charge is 2.47. The van der Waals surface area contributed by atoms with E-state index < -0.39 is 15.4 Å². The summed E-state index contributed by atoms with van der Waals surface area (Å²) in [5.74, 6) is 0.181. The Hall–Kier alpha value is -2.48. The van der Waals surface area contributed by atoms with E-state index in [4.69, 9.17) is 9.72 Å². The lowest BCUT2D eigenvalue weighted by atomic mass is 9.76. The quantitative estimate of drug-likeness (QED) is 0.536. The minimum Gasteiger partial charge on any atom is -0.371 e. The molecule has 4 fully saturated rings. The predicted octanol–water partition coefficient (Wildman–Crippen LogP) is 4.73. The lowest BCUT2D eigenvalue weighted by Crippen LogP contribution is -2.42. The van der Waals surface area contributed by atoms with E-state index in [1.54, 1.807) is 11.3 Å². The van der Waals surface area contributed by atoms with Crippen molar-refractivity contribution in [3.05, 3.63) is 35.0 Å². The van der Waals surface area contributed by atoms with Crippen molar-refractivity contribution in [2.75, 3.05) is 36.1 Å². The molecule has 2 aliphatic carbocycles. The minimum absolute atomic E-state index is 0.00353. The lowest BCUT2D eigenvalue weighted by molar-refractivity contribution is -0.127. The Kier molecular flexibility index (Phi) is 7.42. The first-order valence-electron chi connectivity index (χ1n) is 14.3. The summed E-state index contributed by atoms with van der Waals surface area (Å²) in [5, 5.41) is 13.6. The van der Waals surface area contributed by atoms with Gasteiger partial charge in [-0.15, -0.1) is 11.3 Å². The van der Waals surface area contributed by atoms with Crippen molar-refractivity contribution >= 4 is 32.8 Å². The van der Waals surface area contributed by atoms with Gasteiger partial charge in [-0.25, -0.2) is 13.4 Å². The number of carbonyl (C=O) groups is 1. The highest BCUT2D eigenvalue weighted by atomic mass is 32.2. The summed E-state index contributed by atoms with van der Waals surface area (Å²) < 4.78 is 29.9. The molecule has 1 aromatic carbocycles. The van der Waals surface area contributed by atoms with Crippen molar-refractivity contribution in [1.82, 2.24) is 10.3 Å². The van der Waals surface area contributed by atoms with Crippen LogP contribution in [0.4, 0.5) is 5.69 Å². The molecular formula is C29H36N4O4S2. The molecule has 8 nitrogen and oxygen atoms in total. The van der Waals surface area contributed by atoms with Crippen LogP contribution in [0, 0.1) is 17.2 Å². The van der Waals surface area contributed by atoms with Crippen LogP contribution in [0.3, 0.4) is 0 Å². The summed E-state index contributed by atoms with van der Waals surface area (Å²) in [6, 6.07) is 10.7. The van der Waals surface area contributed by atoms with Crippen LogP contribution in [-0.4, -0.2) is 56.0 Å². The standard InChI is InChI=1S/C29H36N4O4S2/c30-19-29(12-13-29)32-27(34)23-6-2-1-5-22(23)25-26(38-28(31-25)24-7-3-4-16-37-24)20-8-10-21(11-9-20)33-14-17-39(35,36)18-15-33/h8-11,22-24H,1-7,12-18H2,(H,32,34)/t22-,23-,24+/m1/s1. The maximum absolute atomic E-state index is 13.5. The number of nitriles is 1. The topological polar surface area (TPSA) is 112 Å². The molecule has 2 aliphatic heterocycles. The average molecular weight is 569 g/mol. The Morgan fingerprint density at radius 2 is 1.79 bits per heavy atom. The minimum atomic E-state index is -2.93. The van der Waals surface area contributed by atoms with E-state index in [2.05, 4.69) is 40.6 Å². The van der Waals surface area contributed by atoms with Crippen molar-refractivity contribution in [2.45, 2.75) is 75.3 Å². The molecule has 39 heavy (non-hydrogen) atoms. The third kappa shape index (κ3) is 5.72. The van der Waals surface area contributed by atoms with Crippen LogP contribution in [0.5, 0.6) is 0 Å². The van der Waals surface area contributed by atoms with Gasteiger partial charge >= 0.3 is 0 Å². The monoisotopic (exact) mass is 568 g/mol. The van der Waals surface area contributed by atoms with Gasteiger partial charge in [0.25, 0.3) is 0 Å². The largest absolute Gasteiger partial charge is 0.371 e. The molecule has 208 valence electrons. The van der Waals surface area contributed by atoms with Crippen LogP contribution < -0.4 is 10.2 Å². The zero-order chi connectivity index (χ0) is 27.0. The van der Waals surface area contributed by atoms with Crippen molar-refractivity contribution < 1.29 is 17.9 Å². The molecule has 3 atom stereocenters. The molecule has 2 saturated heterocycles. The predicted molar refractivity (Wildman–Crippen MR) is 151 cm³/mol. The zero-order valence-electron chi connectivity index (χ0n) is 22.2. The van der Waals surface area contributed by atoms with Gasteiger partial charge in [0, 0.05) is 37.2 Å². The summed E-state index contributed by atoms with van der Waals surface area (Å²) in [6.45, 7) is 1.78. The Labute approximate surface area is 234 Å². The van der Waals surface area contributed by atoms with E-state index in [0.717, 1.165) is 91.2 Å². The van der Waals surface area contributed by atoms with Crippen LogP contribution in [0.15, 0.2) is 24.3 Å². The number of hydrogen-bond donors (Lipinski definition) is 1. The zero-order valence-corrected chi connectivity index (χ0v) is 23.9. The summed E-state index contributed by atoms with van der Waals surface area (Å²) in [4.78, 5) is 21.9. The molecule has 6 rings (SSSR count). The van der Waals surface area contributed by atoms with Gasteiger partial charge in [-0.1, -0.05) is 25.0 Å². The summed E-state index contributed by atoms with van der Waals surface area (Å²) in [6.07, 6.45) is 8.39. The number of benzene rings is 1. The number of sulfone groups is 1. The number of thiazole rings is 1. The maximum Gasteiger partial charge on any atom is 0.225 e. The maximum atomic E-state index is 13.5. The number of ether oxygens (including phenoxy) is 1. The molecule has 1 amide bonds. The van der Waals surface area contributed by atoms with E-state index >= 15 is 0 Å². The summed E-state index contributed by atoms with van der Waals surface area (Å²) in [7, 11) is -2.93. The second-order valence-corrected chi connectivity index (χ2v) is 14.8. The lowest BCUT2D eigenvalue weighted by Gasteiger charge is -2.31. The molecule has 4 aliphatic rings. The van der Waals surface area contributed by atoms with Gasteiger partial charge in [0.15, 0.2) is 9.84 Å². The highest BCUT2D eigenvalue weighted by molar-refractivity contribution is 7.91. The number of rotatable bonds is 6. The molecule has 10 heteroatoms. The molecule has 2 saturated carbocycles. The van der Waals surface area contributed by atoms with Gasteiger partial charge in [0.1, 0.15) is 16.7 Å². The number of carbonyl (C=O) groups excluding carboxylic acids is 1. The second-order valence-electron chi connectivity index (χ2n) is 11.5. The van der Waals surface area contributed by atoms with Crippen LogP contribution in [0.1, 0.15) is 80.5 Å². The molecule has 0 radical (unpaired) electrons. The Balaban J connectivity index is 1.31. The van der Waals surface area contributed by atoms with Gasteiger partial charge in [-0.3, -0.25) is 4.79 Å². The Morgan fingerprint density at radius 1 is 1.08 bits per heavy atom. The van der Waals surface area contributed by atoms with E-state index in [1.165, 1.54) is 0 Å². The number of nitrogens with one attached hydrogen (secondary N) is 1. The van der Waals surface area contributed by atoms with Gasteiger partial charge in [-0.2, -0.15) is 5.26 Å². The van der Waals surface area contributed by atoms with Gasteiger partial charge in [0.2, 0.25) is 5.91 Å². The fraction of sp³-hybridized carbons (Fsp3) is 0.621. The molecule has 0 unspecified atom stereocenters. The fourth-order valence-electron chi connectivity index (χ4n) is 6.16. The summed E-state index contributed by atoms with van der Waals surface area (Å²) >= 11 is 1.68. The second kappa shape index (κ2) is 10.8. The highest BCUT2D eigenvalue weighted by Crippen LogP contribution is 2.47. The van der Waals surface area contributed by atoms with Crippen LogP contribution in [-0.2, 0) is 19.4 Å². The Bertz CT molecular complexity index is 1340. The van der Waals surface area contributed by atoms with Gasteiger partial charge < -0.3 is 15.0 Å². The van der Waals surface area contributed by atoms with E-state index in [9.17, 15) is 18.5 Å². The first-order chi connectivity index (χ1) is 18.9. The smallest absolute Gasteiger partial charge is 0.225 e. The molecule has 3 heterocycles. The third-order valence-corrected chi connectivity index (χ3v) is 11.6. The molecule has 0 bridgehead atoms. The molecule has 1 aromatic heterocycles. The fourth-order valence-corrected chi connectivity index (χ4v) is 8.59. The van der Waals surface area contributed by atoms with Crippen LogP contribution in [0.25, 0.3) is 10.4 Å². The Morgan fingerprint density at radius 3 is 2.46 bits per heavy atom. The average Bonchev–Trinajstić information content (AvgIpc) is 3.60. The number of nitrogens with zero attached hydrogens (tertiary/aromatic N) is 3. The first-order valence-corrected chi connectivity index (χ1v) is 16.9. The van der Waals surface area contributed by atoms with Crippen molar-refractivity contribution in [3.63, 3.8) is 0 Å². The van der Waals surface area contributed by atoms with E-state index in [1.807, 2.05) is 0 Å².